The number of hydrogen-bond acceptors (Lipinski definition) is 4. The fourth-order valence-electron chi connectivity index (χ4n) is 2.74. The number of ether oxygens (including phenoxy) is 2. The molecule has 5 nitrogen and oxygen atoms in total. The van der Waals surface area contributed by atoms with Crippen molar-refractivity contribution in [2.24, 2.45) is 5.92 Å². The van der Waals surface area contributed by atoms with Crippen LogP contribution >= 0.6 is 0 Å². The van der Waals surface area contributed by atoms with Crippen LogP contribution in [-0.2, 0) is 9.47 Å². The summed E-state index contributed by atoms with van der Waals surface area (Å²) in [6, 6.07) is 0.662. The molecule has 1 aliphatic carbocycles. The van der Waals surface area contributed by atoms with Crippen LogP contribution in [0.2, 0.25) is 0 Å². The van der Waals surface area contributed by atoms with E-state index in [0.717, 1.165) is 45.4 Å². The van der Waals surface area contributed by atoms with Crippen LogP contribution in [0, 0.1) is 5.92 Å². The van der Waals surface area contributed by atoms with Crippen LogP contribution < -0.4 is 10.6 Å². The smallest absolute Gasteiger partial charge is 0.407 e. The Morgan fingerprint density at radius 1 is 1.17 bits per heavy atom. The molecule has 5 heteroatoms. The van der Waals surface area contributed by atoms with Crippen molar-refractivity contribution in [3.05, 3.63) is 0 Å². The average Bonchev–Trinajstić information content (AvgIpc) is 2.40. The Kier molecular flexibility index (Phi) is 8.92. The molecule has 2 atom stereocenters. The second kappa shape index (κ2) is 10.1. The molecule has 2 unspecified atom stereocenters. The summed E-state index contributed by atoms with van der Waals surface area (Å²) >= 11 is 0. The molecule has 0 bridgehead atoms. The van der Waals surface area contributed by atoms with Gasteiger partial charge in [0.25, 0.3) is 0 Å². The number of nitrogens with one attached hydrogen (secondary N) is 2. The highest BCUT2D eigenvalue weighted by atomic mass is 16.6. The minimum absolute atomic E-state index is 0.206. The normalized spacial score (nSPS) is 22.2. The fourth-order valence-corrected chi connectivity index (χ4v) is 2.74. The van der Waals surface area contributed by atoms with Gasteiger partial charge in [-0.05, 0) is 58.8 Å². The summed E-state index contributed by atoms with van der Waals surface area (Å²) in [6.07, 6.45) is 5.10. The lowest BCUT2D eigenvalue weighted by Gasteiger charge is -2.31. The predicted molar refractivity (Wildman–Crippen MR) is 93.7 cm³/mol. The standard InChI is InChI=1S/C18H36N2O3/c1-14(2)9-11-22-12-10-19-15-7-6-8-16(13-15)20-17(21)23-18(3,4)5/h14-16,19H,6-13H2,1-5H3,(H,20,21). The molecule has 2 N–H and O–H groups in total. The van der Waals surface area contributed by atoms with Crippen molar-refractivity contribution in [3.8, 4) is 0 Å². The fraction of sp³-hybridized carbons (Fsp3) is 0.944. The summed E-state index contributed by atoms with van der Waals surface area (Å²) in [4.78, 5) is 11.8. The Morgan fingerprint density at radius 2 is 1.87 bits per heavy atom. The van der Waals surface area contributed by atoms with Crippen LogP contribution in [0.15, 0.2) is 0 Å². The van der Waals surface area contributed by atoms with Gasteiger partial charge < -0.3 is 20.1 Å². The number of carbonyl (C=O) groups is 1. The molecule has 0 aromatic rings. The first-order chi connectivity index (χ1) is 10.8. The topological polar surface area (TPSA) is 59.6 Å². The molecule has 0 heterocycles. The van der Waals surface area contributed by atoms with Gasteiger partial charge in [0.1, 0.15) is 5.60 Å². The molecular formula is C18H36N2O3. The molecule has 0 aliphatic heterocycles. The molecular weight excluding hydrogens is 292 g/mol. The summed E-state index contributed by atoms with van der Waals surface area (Å²) in [5.41, 5.74) is -0.441. The SMILES string of the molecule is CC(C)CCOCCNC1CCCC(NC(=O)OC(C)(C)C)C1. The molecule has 0 aromatic carbocycles. The van der Waals surface area contributed by atoms with Crippen LogP contribution in [0.1, 0.15) is 66.7 Å². The molecule has 136 valence electrons. The van der Waals surface area contributed by atoms with Crippen molar-refractivity contribution in [1.82, 2.24) is 10.6 Å². The zero-order valence-electron chi connectivity index (χ0n) is 15.6. The molecule has 23 heavy (non-hydrogen) atoms. The Bertz CT molecular complexity index is 340. The summed E-state index contributed by atoms with van der Waals surface area (Å²) in [5.74, 6) is 0.695. The molecule has 1 saturated carbocycles. The van der Waals surface area contributed by atoms with Gasteiger partial charge in [0.05, 0.1) is 6.61 Å². The highest BCUT2D eigenvalue weighted by molar-refractivity contribution is 5.68. The number of alkyl carbamates (subject to hydrolysis) is 1. The van der Waals surface area contributed by atoms with E-state index in [1.165, 1.54) is 6.42 Å². The maximum atomic E-state index is 11.8. The van der Waals surface area contributed by atoms with E-state index in [1.807, 2.05) is 20.8 Å². The van der Waals surface area contributed by atoms with Crippen LogP contribution in [0.5, 0.6) is 0 Å². The van der Waals surface area contributed by atoms with E-state index in [4.69, 9.17) is 9.47 Å². The molecule has 0 saturated heterocycles. The van der Waals surface area contributed by atoms with E-state index >= 15 is 0 Å². The predicted octanol–water partition coefficient (Wildman–Crippen LogP) is 3.47. The van der Waals surface area contributed by atoms with Crippen molar-refractivity contribution in [2.45, 2.75) is 84.4 Å². The first-order valence-corrected chi connectivity index (χ1v) is 9.07. The van der Waals surface area contributed by atoms with Crippen LogP contribution in [0.25, 0.3) is 0 Å². The summed E-state index contributed by atoms with van der Waals surface area (Å²) in [5, 5.41) is 6.54. The molecule has 1 fully saturated rings. The Morgan fingerprint density at radius 3 is 2.52 bits per heavy atom. The van der Waals surface area contributed by atoms with E-state index in [1.54, 1.807) is 0 Å². The number of rotatable bonds is 8. The molecule has 1 aliphatic rings. The molecule has 1 amide bonds. The minimum atomic E-state index is -0.441. The van der Waals surface area contributed by atoms with Gasteiger partial charge in [-0.25, -0.2) is 4.79 Å². The van der Waals surface area contributed by atoms with Gasteiger partial charge in [-0.1, -0.05) is 13.8 Å². The van der Waals surface area contributed by atoms with Crippen LogP contribution in [0.3, 0.4) is 0 Å². The van der Waals surface area contributed by atoms with Crippen LogP contribution in [-0.4, -0.2) is 43.5 Å². The Hall–Kier alpha value is -0.810. The third-order valence-corrected chi connectivity index (χ3v) is 3.91. The third kappa shape index (κ3) is 10.6. The van der Waals surface area contributed by atoms with Crippen molar-refractivity contribution in [1.29, 1.82) is 0 Å². The zero-order chi connectivity index (χ0) is 17.3. The highest BCUT2D eigenvalue weighted by Crippen LogP contribution is 2.19. The second-order valence-corrected chi connectivity index (χ2v) is 7.96. The number of amides is 1. The molecule has 0 spiro atoms. The van der Waals surface area contributed by atoms with Crippen molar-refractivity contribution >= 4 is 6.09 Å². The highest BCUT2D eigenvalue weighted by Gasteiger charge is 2.25. The number of hydrogen-bond donors (Lipinski definition) is 2. The van der Waals surface area contributed by atoms with E-state index in [9.17, 15) is 4.79 Å². The summed E-state index contributed by atoms with van der Waals surface area (Å²) in [7, 11) is 0. The second-order valence-electron chi connectivity index (χ2n) is 7.96. The third-order valence-electron chi connectivity index (χ3n) is 3.91. The molecule has 1 rings (SSSR count). The Labute approximate surface area is 141 Å². The van der Waals surface area contributed by atoms with Gasteiger partial charge in [-0.3, -0.25) is 0 Å². The van der Waals surface area contributed by atoms with Gasteiger partial charge in [0, 0.05) is 25.2 Å². The van der Waals surface area contributed by atoms with Gasteiger partial charge >= 0.3 is 6.09 Å². The van der Waals surface area contributed by atoms with Gasteiger partial charge in [-0.15, -0.1) is 0 Å². The maximum Gasteiger partial charge on any atom is 0.407 e. The van der Waals surface area contributed by atoms with Gasteiger partial charge in [0.2, 0.25) is 0 Å². The summed E-state index contributed by atoms with van der Waals surface area (Å²) < 4.78 is 11.0. The number of carbonyl (C=O) groups excluding carboxylic acids is 1. The first kappa shape index (κ1) is 20.2. The molecule has 0 aromatic heterocycles. The van der Waals surface area contributed by atoms with Crippen LogP contribution in [0.4, 0.5) is 4.79 Å². The van der Waals surface area contributed by atoms with Crippen molar-refractivity contribution in [2.75, 3.05) is 19.8 Å². The largest absolute Gasteiger partial charge is 0.444 e. The lowest BCUT2D eigenvalue weighted by Crippen LogP contribution is -2.46. The minimum Gasteiger partial charge on any atom is -0.444 e. The lowest BCUT2D eigenvalue weighted by atomic mass is 9.91. The Balaban J connectivity index is 2.15. The van der Waals surface area contributed by atoms with Gasteiger partial charge in [-0.2, -0.15) is 0 Å². The van der Waals surface area contributed by atoms with E-state index < -0.39 is 5.60 Å². The van der Waals surface area contributed by atoms with E-state index in [0.29, 0.717) is 12.0 Å². The first-order valence-electron chi connectivity index (χ1n) is 9.07. The van der Waals surface area contributed by atoms with E-state index in [2.05, 4.69) is 24.5 Å². The zero-order valence-corrected chi connectivity index (χ0v) is 15.6. The van der Waals surface area contributed by atoms with E-state index in [-0.39, 0.29) is 12.1 Å². The van der Waals surface area contributed by atoms with Gasteiger partial charge in [0.15, 0.2) is 0 Å². The lowest BCUT2D eigenvalue weighted by molar-refractivity contribution is 0.0487. The average molecular weight is 328 g/mol. The molecule has 0 radical (unpaired) electrons. The maximum absolute atomic E-state index is 11.8. The summed E-state index contributed by atoms with van der Waals surface area (Å²) in [6.45, 7) is 12.6. The monoisotopic (exact) mass is 328 g/mol. The van der Waals surface area contributed by atoms with Crippen molar-refractivity contribution in [3.63, 3.8) is 0 Å². The van der Waals surface area contributed by atoms with Crippen molar-refractivity contribution < 1.29 is 14.3 Å². The quantitative estimate of drug-likeness (QED) is 0.670.